The minimum atomic E-state index is -3.05. The number of hydrogen-bond acceptors (Lipinski definition) is 9. The zero-order chi connectivity index (χ0) is 31.8. The summed E-state index contributed by atoms with van der Waals surface area (Å²) in [5, 5.41) is 0.448. The number of alkyl halides is 2. The van der Waals surface area contributed by atoms with Crippen LogP contribution < -0.4 is 15.2 Å². The molecule has 4 heterocycles. The molecular weight excluding hydrogens is 590 g/mol. The lowest BCUT2D eigenvalue weighted by Gasteiger charge is -2.35. The Morgan fingerprint density at radius 1 is 1.07 bits per heavy atom. The Kier molecular flexibility index (Phi) is 8.12. The van der Waals surface area contributed by atoms with Gasteiger partial charge in [0.05, 0.1) is 29.4 Å². The van der Waals surface area contributed by atoms with E-state index in [0.29, 0.717) is 54.2 Å². The Hall–Kier alpha value is -5.01. The van der Waals surface area contributed by atoms with Gasteiger partial charge < -0.3 is 19.1 Å². The van der Waals surface area contributed by atoms with Gasteiger partial charge in [0.1, 0.15) is 19.0 Å². The van der Waals surface area contributed by atoms with Crippen LogP contribution >= 0.6 is 0 Å². The Morgan fingerprint density at radius 3 is 2.58 bits per heavy atom. The van der Waals surface area contributed by atoms with Crippen LogP contribution in [0, 0.1) is 5.92 Å². The fourth-order valence-electron chi connectivity index (χ4n) is 5.59. The highest BCUT2D eigenvalue weighted by molar-refractivity contribution is 5.84. The number of benzene rings is 2. The smallest absolute Gasteiger partial charge is 0.410 e. The van der Waals surface area contributed by atoms with Crippen molar-refractivity contribution in [2.75, 3.05) is 31.1 Å². The second kappa shape index (κ2) is 12.2. The molecular formula is C31H32F2N6O6. The summed E-state index contributed by atoms with van der Waals surface area (Å²) in [5.41, 5.74) is 2.77. The Bertz CT molecular complexity index is 1800. The first-order valence-electron chi connectivity index (χ1n) is 14.5. The van der Waals surface area contributed by atoms with Gasteiger partial charge in [0.15, 0.2) is 0 Å². The number of nitrogens with zero attached hydrogens (tertiary/aromatic N) is 6. The van der Waals surface area contributed by atoms with Gasteiger partial charge in [-0.1, -0.05) is 26.0 Å². The van der Waals surface area contributed by atoms with E-state index in [2.05, 4.69) is 9.97 Å². The molecule has 0 aliphatic carbocycles. The number of carbonyl (C=O) groups excluding carboxylic acids is 2. The van der Waals surface area contributed by atoms with Crippen LogP contribution in [0.3, 0.4) is 0 Å². The maximum atomic E-state index is 13.3. The third kappa shape index (κ3) is 6.04. The van der Waals surface area contributed by atoms with Gasteiger partial charge in [0.25, 0.3) is 5.56 Å². The quantitative estimate of drug-likeness (QED) is 0.257. The predicted molar refractivity (Wildman–Crippen MR) is 159 cm³/mol. The fraction of sp³-hybridized carbons (Fsp3) is 0.387. The largest absolute Gasteiger partial charge is 0.461 e. The van der Waals surface area contributed by atoms with Gasteiger partial charge in [-0.25, -0.2) is 14.8 Å². The van der Waals surface area contributed by atoms with E-state index in [1.165, 1.54) is 10.7 Å². The molecule has 14 heteroatoms. The molecule has 45 heavy (non-hydrogen) atoms. The summed E-state index contributed by atoms with van der Waals surface area (Å²) < 4.78 is 44.9. The van der Waals surface area contributed by atoms with Crippen molar-refractivity contribution < 1.29 is 32.6 Å². The van der Waals surface area contributed by atoms with Crippen molar-refractivity contribution in [1.82, 2.24) is 24.2 Å². The number of carbonyl (C=O) groups is 2. The van der Waals surface area contributed by atoms with Gasteiger partial charge in [-0.05, 0) is 35.4 Å². The van der Waals surface area contributed by atoms with E-state index in [-0.39, 0.29) is 48.5 Å². The van der Waals surface area contributed by atoms with Gasteiger partial charge in [0.2, 0.25) is 5.95 Å². The maximum absolute atomic E-state index is 13.3. The number of fused-ring (bicyclic) bond motifs is 2. The van der Waals surface area contributed by atoms with E-state index in [1.54, 1.807) is 61.1 Å². The molecule has 2 aromatic heterocycles. The van der Waals surface area contributed by atoms with Crippen LogP contribution in [0.4, 0.5) is 19.5 Å². The highest BCUT2D eigenvalue weighted by Gasteiger charge is 2.38. The van der Waals surface area contributed by atoms with Crippen molar-refractivity contribution in [2.24, 2.45) is 13.0 Å². The topological polar surface area (TPSA) is 121 Å². The van der Waals surface area contributed by atoms with E-state index in [9.17, 15) is 23.2 Å². The average molecular weight is 623 g/mol. The summed E-state index contributed by atoms with van der Waals surface area (Å²) in [6.45, 7) is 2.43. The normalized spacial score (nSPS) is 16.4. The Morgan fingerprint density at radius 2 is 1.84 bits per heavy atom. The molecule has 0 unspecified atom stereocenters. The minimum absolute atomic E-state index is 0.0293. The van der Waals surface area contributed by atoms with Crippen molar-refractivity contribution in [3.63, 3.8) is 0 Å². The van der Waals surface area contributed by atoms with Gasteiger partial charge in [0, 0.05) is 50.2 Å². The lowest BCUT2D eigenvalue weighted by atomic mass is 10.1. The summed E-state index contributed by atoms with van der Waals surface area (Å²) in [6.07, 6.45) is 3.12. The summed E-state index contributed by atoms with van der Waals surface area (Å²) in [5.74, 6) is -0.198. The molecule has 236 valence electrons. The number of hydrogen-bond donors (Lipinski definition) is 0. The molecule has 2 saturated heterocycles. The predicted octanol–water partition coefficient (Wildman–Crippen LogP) is 3.79. The SMILES string of the molecule is CC(C)C(=O)OCc1ccc(OC(F)F)c(Cn2c3cc(-c4cnc(N5CCN6C(=O)OC[C@@H]6C5)nc4)ccc3c(=O)n2C)c1. The van der Waals surface area contributed by atoms with Crippen LogP contribution in [-0.2, 0) is 34.5 Å². The molecule has 0 spiro atoms. The monoisotopic (exact) mass is 622 g/mol. The van der Waals surface area contributed by atoms with E-state index < -0.39 is 6.61 Å². The number of cyclic esters (lactones) is 1. The number of piperazine rings is 1. The highest BCUT2D eigenvalue weighted by Crippen LogP contribution is 2.28. The second-order valence-electron chi connectivity index (χ2n) is 11.3. The molecule has 6 rings (SSSR count). The molecule has 4 aromatic rings. The Balaban J connectivity index is 1.28. The van der Waals surface area contributed by atoms with Crippen molar-refractivity contribution >= 4 is 28.9 Å². The molecule has 0 bridgehead atoms. The zero-order valence-corrected chi connectivity index (χ0v) is 25.0. The lowest BCUT2D eigenvalue weighted by molar-refractivity contribution is -0.148. The van der Waals surface area contributed by atoms with Crippen LogP contribution in [-0.4, -0.2) is 75.2 Å². The van der Waals surface area contributed by atoms with Gasteiger partial charge >= 0.3 is 18.7 Å². The number of rotatable bonds is 9. The van der Waals surface area contributed by atoms with E-state index in [0.717, 1.165) is 11.1 Å². The summed E-state index contributed by atoms with van der Waals surface area (Å²) in [7, 11) is 1.60. The third-order valence-electron chi connectivity index (χ3n) is 8.05. The molecule has 12 nitrogen and oxygen atoms in total. The number of aromatic nitrogens is 4. The molecule has 2 fully saturated rings. The average Bonchev–Trinajstić information content (AvgIpc) is 3.52. The van der Waals surface area contributed by atoms with Crippen molar-refractivity contribution in [3.05, 3.63) is 70.3 Å². The van der Waals surface area contributed by atoms with Crippen LogP contribution in [0.25, 0.3) is 22.0 Å². The van der Waals surface area contributed by atoms with Crippen molar-refractivity contribution in [1.29, 1.82) is 0 Å². The molecule has 2 aliphatic heterocycles. The molecule has 2 aliphatic rings. The first-order chi connectivity index (χ1) is 21.6. The van der Waals surface area contributed by atoms with E-state index >= 15 is 0 Å². The fourth-order valence-corrected chi connectivity index (χ4v) is 5.59. The first-order valence-corrected chi connectivity index (χ1v) is 14.5. The van der Waals surface area contributed by atoms with E-state index in [1.807, 2.05) is 17.0 Å². The number of halogens is 2. The van der Waals surface area contributed by atoms with Crippen LogP contribution in [0.15, 0.2) is 53.6 Å². The number of ether oxygens (including phenoxy) is 3. The molecule has 0 radical (unpaired) electrons. The number of anilines is 1. The van der Waals surface area contributed by atoms with Crippen LogP contribution in [0.1, 0.15) is 25.0 Å². The summed E-state index contributed by atoms with van der Waals surface area (Å²) in [6, 6.07) is 9.92. The molecule has 2 aromatic carbocycles. The molecule has 0 saturated carbocycles. The van der Waals surface area contributed by atoms with E-state index in [4.69, 9.17) is 14.2 Å². The molecule has 1 atom stereocenters. The van der Waals surface area contributed by atoms with Crippen LogP contribution in [0.5, 0.6) is 5.75 Å². The standard InChI is InChI=1S/C31H32F2N6O6/c1-18(2)28(41)43-16-19-4-7-26(45-29(32)33)21(10-19)14-39-25-11-20(5-6-24(25)27(40)36(39)3)22-12-34-30(35-13-22)37-8-9-38-23(15-37)17-44-31(38)42/h4-7,10-13,18,23,29H,8-9,14-17H2,1-3H3/t23-/m0/s1. The molecule has 0 N–H and O–H groups in total. The van der Waals surface area contributed by atoms with Crippen molar-refractivity contribution in [2.45, 2.75) is 39.7 Å². The summed E-state index contributed by atoms with van der Waals surface area (Å²) >= 11 is 0. The number of amides is 1. The minimum Gasteiger partial charge on any atom is -0.461 e. The zero-order valence-electron chi connectivity index (χ0n) is 25.0. The van der Waals surface area contributed by atoms with Crippen molar-refractivity contribution in [3.8, 4) is 16.9 Å². The third-order valence-corrected chi connectivity index (χ3v) is 8.05. The highest BCUT2D eigenvalue weighted by atomic mass is 19.3. The number of esters is 1. The van der Waals surface area contributed by atoms with Gasteiger partial charge in [-0.2, -0.15) is 8.78 Å². The Labute approximate surface area is 256 Å². The first kappa shape index (κ1) is 30.0. The van der Waals surface area contributed by atoms with Gasteiger partial charge in [-0.3, -0.25) is 23.9 Å². The summed E-state index contributed by atoms with van der Waals surface area (Å²) in [4.78, 5) is 49.8. The van der Waals surface area contributed by atoms with Crippen LogP contribution in [0.2, 0.25) is 0 Å². The maximum Gasteiger partial charge on any atom is 0.410 e. The second-order valence-corrected chi connectivity index (χ2v) is 11.3. The molecule has 1 amide bonds. The van der Waals surface area contributed by atoms with Gasteiger partial charge in [-0.15, -0.1) is 0 Å². The lowest BCUT2D eigenvalue weighted by Crippen LogP contribution is -2.52.